The second-order valence-corrected chi connectivity index (χ2v) is 6.36. The van der Waals surface area contributed by atoms with E-state index in [2.05, 4.69) is 19.7 Å². The zero-order valence-electron chi connectivity index (χ0n) is 13.4. The smallest absolute Gasteiger partial charge is 0.165 e. The summed E-state index contributed by atoms with van der Waals surface area (Å²) in [6.07, 6.45) is 4.34. The molecule has 23 heavy (non-hydrogen) atoms. The van der Waals surface area contributed by atoms with Crippen LogP contribution in [0, 0.1) is 5.82 Å². The number of hydrogen-bond acceptors (Lipinski definition) is 4. The first-order valence-electron chi connectivity index (χ1n) is 8.23. The maximum absolute atomic E-state index is 13.9. The van der Waals surface area contributed by atoms with Gasteiger partial charge >= 0.3 is 0 Å². The molecule has 0 aliphatic carbocycles. The van der Waals surface area contributed by atoms with Crippen LogP contribution in [0.2, 0.25) is 0 Å². The number of hydrogen-bond donors (Lipinski definition) is 0. The highest BCUT2D eigenvalue weighted by Gasteiger charge is 2.22. The van der Waals surface area contributed by atoms with Crippen molar-refractivity contribution in [1.29, 1.82) is 0 Å². The fourth-order valence-electron chi connectivity index (χ4n) is 3.59. The molecule has 0 amide bonds. The molecule has 122 valence electrons. The topological polar surface area (TPSA) is 43.2 Å². The molecule has 0 saturated heterocycles. The van der Waals surface area contributed by atoms with E-state index in [1.165, 1.54) is 25.5 Å². The van der Waals surface area contributed by atoms with Crippen LogP contribution in [0.15, 0.2) is 12.1 Å². The van der Waals surface area contributed by atoms with E-state index in [9.17, 15) is 4.39 Å². The molecular formula is C17H21FN4O. The fraction of sp³-hybridized carbons (Fsp3) is 0.529. The van der Waals surface area contributed by atoms with Crippen molar-refractivity contribution >= 4 is 0 Å². The van der Waals surface area contributed by atoms with Gasteiger partial charge in [-0.3, -0.25) is 4.90 Å². The number of nitrogens with zero attached hydrogens (tertiary/aromatic N) is 4. The molecule has 6 heteroatoms. The largest absolute Gasteiger partial charge is 0.494 e. The van der Waals surface area contributed by atoms with Gasteiger partial charge in [0.2, 0.25) is 0 Å². The number of fused-ring (bicyclic) bond motifs is 2. The zero-order valence-corrected chi connectivity index (χ0v) is 13.4. The van der Waals surface area contributed by atoms with Crippen molar-refractivity contribution in [2.24, 2.45) is 0 Å². The Balaban J connectivity index is 1.52. The van der Waals surface area contributed by atoms with E-state index in [-0.39, 0.29) is 5.82 Å². The molecule has 5 nitrogen and oxygen atoms in total. The summed E-state index contributed by atoms with van der Waals surface area (Å²) in [5.41, 5.74) is 2.23. The maximum atomic E-state index is 13.9. The number of methoxy groups -OCH3 is 1. The van der Waals surface area contributed by atoms with Crippen LogP contribution in [0.4, 0.5) is 4.39 Å². The molecule has 2 aliphatic rings. The first-order chi connectivity index (χ1) is 11.2. The van der Waals surface area contributed by atoms with Gasteiger partial charge in [0.1, 0.15) is 11.6 Å². The summed E-state index contributed by atoms with van der Waals surface area (Å²) < 4.78 is 21.3. The zero-order chi connectivity index (χ0) is 15.8. The minimum atomic E-state index is -0.284. The SMILES string of the molecule is COc1cc2c(cc1F)CN(Cc1nnc3n1CCCC3)CC2. The van der Waals surface area contributed by atoms with Crippen LogP contribution in [0.5, 0.6) is 5.75 Å². The average molecular weight is 316 g/mol. The standard InChI is InChI=1S/C17H21FN4O/c1-23-15-9-12-5-7-21(10-13(12)8-14(15)18)11-17-20-19-16-4-2-3-6-22(16)17/h8-9H,2-7,10-11H2,1H3. The molecule has 0 saturated carbocycles. The normalized spacial score (nSPS) is 17.7. The van der Waals surface area contributed by atoms with Gasteiger partial charge in [0.25, 0.3) is 0 Å². The highest BCUT2D eigenvalue weighted by molar-refractivity contribution is 5.38. The molecule has 0 unspecified atom stereocenters. The van der Waals surface area contributed by atoms with Gasteiger partial charge in [0.15, 0.2) is 11.6 Å². The molecule has 0 atom stereocenters. The minimum absolute atomic E-state index is 0.284. The second kappa shape index (κ2) is 5.92. The number of ether oxygens (including phenoxy) is 1. The lowest BCUT2D eigenvalue weighted by Crippen LogP contribution is -2.31. The molecule has 1 aromatic heterocycles. The number of halogens is 1. The summed E-state index contributed by atoms with van der Waals surface area (Å²) in [5, 5.41) is 8.68. The third-order valence-corrected chi connectivity index (χ3v) is 4.87. The van der Waals surface area contributed by atoms with E-state index >= 15 is 0 Å². The highest BCUT2D eigenvalue weighted by atomic mass is 19.1. The van der Waals surface area contributed by atoms with Gasteiger partial charge in [-0.15, -0.1) is 10.2 Å². The van der Waals surface area contributed by atoms with Crippen LogP contribution in [0.3, 0.4) is 0 Å². The van der Waals surface area contributed by atoms with Crippen molar-refractivity contribution < 1.29 is 9.13 Å². The summed E-state index contributed by atoms with van der Waals surface area (Å²) in [6, 6.07) is 3.44. The van der Waals surface area contributed by atoms with Gasteiger partial charge in [-0.2, -0.15) is 0 Å². The summed E-state index contributed by atoms with van der Waals surface area (Å²) in [4.78, 5) is 2.32. The molecule has 0 spiro atoms. The molecule has 2 aromatic rings. The molecule has 1 aromatic carbocycles. The highest BCUT2D eigenvalue weighted by Crippen LogP contribution is 2.27. The van der Waals surface area contributed by atoms with Crippen LogP contribution in [-0.4, -0.2) is 33.3 Å². The lowest BCUT2D eigenvalue weighted by atomic mass is 9.99. The van der Waals surface area contributed by atoms with Crippen LogP contribution >= 0.6 is 0 Å². The Bertz CT molecular complexity index is 728. The molecule has 2 aliphatic heterocycles. The Kier molecular flexibility index (Phi) is 3.77. The van der Waals surface area contributed by atoms with Gasteiger partial charge in [-0.1, -0.05) is 0 Å². The molecule has 3 heterocycles. The van der Waals surface area contributed by atoms with Crippen LogP contribution in [0.25, 0.3) is 0 Å². The second-order valence-electron chi connectivity index (χ2n) is 6.36. The predicted molar refractivity (Wildman–Crippen MR) is 83.7 cm³/mol. The Morgan fingerprint density at radius 3 is 2.91 bits per heavy atom. The number of aryl methyl sites for hydroxylation is 1. The van der Waals surface area contributed by atoms with Crippen molar-refractivity contribution in [3.8, 4) is 5.75 Å². The van der Waals surface area contributed by atoms with E-state index in [1.54, 1.807) is 6.07 Å². The molecule has 0 radical (unpaired) electrons. The summed E-state index contributed by atoms with van der Waals surface area (Å²) in [6.45, 7) is 3.50. The lowest BCUT2D eigenvalue weighted by molar-refractivity contribution is 0.233. The first kappa shape index (κ1) is 14.6. The minimum Gasteiger partial charge on any atom is -0.494 e. The Hall–Kier alpha value is -1.95. The van der Waals surface area contributed by atoms with E-state index < -0.39 is 0 Å². The van der Waals surface area contributed by atoms with Crippen molar-refractivity contribution in [2.75, 3.05) is 13.7 Å². The molecule has 0 N–H and O–H groups in total. The maximum Gasteiger partial charge on any atom is 0.165 e. The Labute approximate surface area is 135 Å². The monoisotopic (exact) mass is 316 g/mol. The van der Waals surface area contributed by atoms with Gasteiger partial charge < -0.3 is 9.30 Å². The van der Waals surface area contributed by atoms with Crippen molar-refractivity contribution in [1.82, 2.24) is 19.7 Å². The number of aromatic nitrogens is 3. The molecule has 0 fully saturated rings. The summed E-state index contributed by atoms with van der Waals surface area (Å²) in [5.74, 6) is 2.20. The van der Waals surface area contributed by atoms with Crippen molar-refractivity contribution in [2.45, 2.75) is 45.3 Å². The van der Waals surface area contributed by atoms with Crippen LogP contribution in [-0.2, 0) is 32.5 Å². The summed E-state index contributed by atoms with van der Waals surface area (Å²) in [7, 11) is 1.51. The van der Waals surface area contributed by atoms with E-state index in [1.807, 2.05) is 6.07 Å². The molecule has 0 bridgehead atoms. The molecule has 4 rings (SSSR count). The van der Waals surface area contributed by atoms with Crippen LogP contribution < -0.4 is 4.74 Å². The van der Waals surface area contributed by atoms with E-state index in [4.69, 9.17) is 4.74 Å². The van der Waals surface area contributed by atoms with Crippen LogP contribution in [0.1, 0.15) is 35.6 Å². The third-order valence-electron chi connectivity index (χ3n) is 4.87. The quantitative estimate of drug-likeness (QED) is 0.871. The van der Waals surface area contributed by atoms with Gasteiger partial charge in [-0.05, 0) is 42.5 Å². The van der Waals surface area contributed by atoms with Gasteiger partial charge in [-0.25, -0.2) is 4.39 Å². The lowest BCUT2D eigenvalue weighted by Gasteiger charge is -2.29. The van der Waals surface area contributed by atoms with Crippen molar-refractivity contribution in [3.63, 3.8) is 0 Å². The Morgan fingerprint density at radius 1 is 1.13 bits per heavy atom. The predicted octanol–water partition coefficient (Wildman–Crippen LogP) is 2.32. The third kappa shape index (κ3) is 2.72. The van der Waals surface area contributed by atoms with E-state index in [0.717, 1.165) is 56.2 Å². The number of benzene rings is 1. The average Bonchev–Trinajstić information content (AvgIpc) is 2.97. The van der Waals surface area contributed by atoms with Gasteiger partial charge in [0, 0.05) is 26.1 Å². The fourth-order valence-corrected chi connectivity index (χ4v) is 3.59. The van der Waals surface area contributed by atoms with E-state index in [0.29, 0.717) is 5.75 Å². The number of rotatable bonds is 3. The Morgan fingerprint density at radius 2 is 2.04 bits per heavy atom. The first-order valence-corrected chi connectivity index (χ1v) is 8.23. The summed E-state index contributed by atoms with van der Waals surface area (Å²) >= 11 is 0. The van der Waals surface area contributed by atoms with Crippen molar-refractivity contribution in [3.05, 3.63) is 40.7 Å². The molecular weight excluding hydrogens is 295 g/mol. The van der Waals surface area contributed by atoms with Gasteiger partial charge in [0.05, 0.1) is 13.7 Å².